The number of nitrogens with one attached hydrogen (secondary N) is 1. The molecule has 1 aliphatic rings. The first-order valence-corrected chi connectivity index (χ1v) is 8.19. The van der Waals surface area contributed by atoms with E-state index < -0.39 is 5.51 Å². The Balaban J connectivity index is 2.04. The van der Waals surface area contributed by atoms with Crippen molar-refractivity contribution in [2.75, 3.05) is 6.54 Å². The van der Waals surface area contributed by atoms with Gasteiger partial charge in [0.05, 0.1) is 0 Å². The molecule has 0 spiro atoms. The van der Waals surface area contributed by atoms with Crippen molar-refractivity contribution in [3.05, 3.63) is 29.8 Å². The monoisotopic (exact) mass is 317 g/mol. The highest BCUT2D eigenvalue weighted by molar-refractivity contribution is 8.00. The third-order valence-electron chi connectivity index (χ3n) is 3.83. The van der Waals surface area contributed by atoms with Crippen molar-refractivity contribution in [3.63, 3.8) is 0 Å². The van der Waals surface area contributed by atoms with Crippen LogP contribution in [0, 0.1) is 5.92 Å². The van der Waals surface area contributed by atoms with Crippen molar-refractivity contribution >= 4 is 11.8 Å². The number of thioether (sulfide) groups is 1. The van der Waals surface area contributed by atoms with E-state index in [0.29, 0.717) is 5.92 Å². The molecule has 1 nitrogen and oxygen atoms in total. The van der Waals surface area contributed by atoms with Crippen molar-refractivity contribution < 1.29 is 13.2 Å². The Morgan fingerprint density at radius 1 is 1.24 bits per heavy atom. The predicted octanol–water partition coefficient (Wildman–Crippen LogP) is 5.01. The van der Waals surface area contributed by atoms with E-state index in [0.717, 1.165) is 31.4 Å². The Labute approximate surface area is 128 Å². The Bertz CT molecular complexity index is 448. The lowest BCUT2D eigenvalue weighted by atomic mass is 9.82. The van der Waals surface area contributed by atoms with Crippen molar-refractivity contribution in [1.29, 1.82) is 0 Å². The minimum Gasteiger partial charge on any atom is -0.311 e. The third-order valence-corrected chi connectivity index (χ3v) is 4.57. The van der Waals surface area contributed by atoms with Crippen LogP contribution in [0.25, 0.3) is 0 Å². The van der Waals surface area contributed by atoms with Crippen LogP contribution >= 0.6 is 11.8 Å². The molecule has 5 heteroatoms. The van der Waals surface area contributed by atoms with Gasteiger partial charge in [-0.05, 0) is 67.6 Å². The van der Waals surface area contributed by atoms with Gasteiger partial charge in [0.15, 0.2) is 0 Å². The maximum atomic E-state index is 12.3. The first-order chi connectivity index (χ1) is 9.78. The molecule has 21 heavy (non-hydrogen) atoms. The molecule has 1 atom stereocenters. The Morgan fingerprint density at radius 2 is 1.90 bits per heavy atom. The maximum absolute atomic E-state index is 12.3. The first-order valence-electron chi connectivity index (χ1n) is 7.38. The van der Waals surface area contributed by atoms with E-state index in [1.807, 2.05) is 12.1 Å². The third kappa shape index (κ3) is 5.22. The summed E-state index contributed by atoms with van der Waals surface area (Å²) >= 11 is -0.0537. The van der Waals surface area contributed by atoms with Crippen LogP contribution in [0.1, 0.15) is 38.7 Å². The lowest BCUT2D eigenvalue weighted by Crippen LogP contribution is -2.43. The van der Waals surface area contributed by atoms with Crippen LogP contribution in [0.2, 0.25) is 0 Å². The molecule has 0 aliphatic carbocycles. The molecule has 1 N–H and O–H groups in total. The number of benzene rings is 1. The molecule has 1 aliphatic heterocycles. The summed E-state index contributed by atoms with van der Waals surface area (Å²) in [6.45, 7) is 5.46. The molecule has 0 saturated carbocycles. The summed E-state index contributed by atoms with van der Waals surface area (Å²) in [4.78, 5) is 0.253. The van der Waals surface area contributed by atoms with Gasteiger partial charge in [-0.25, -0.2) is 0 Å². The summed E-state index contributed by atoms with van der Waals surface area (Å²) in [5.74, 6) is 0.607. The second-order valence-corrected chi connectivity index (χ2v) is 7.42. The highest BCUT2D eigenvalue weighted by atomic mass is 32.2. The number of rotatable bonds is 5. The molecule has 118 valence electrons. The van der Waals surface area contributed by atoms with Gasteiger partial charge in [-0.3, -0.25) is 0 Å². The van der Waals surface area contributed by atoms with Gasteiger partial charge in [0.2, 0.25) is 0 Å². The number of hydrogen-bond donors (Lipinski definition) is 1. The van der Waals surface area contributed by atoms with E-state index in [9.17, 15) is 13.2 Å². The number of hydrogen-bond acceptors (Lipinski definition) is 2. The van der Waals surface area contributed by atoms with Gasteiger partial charge in [-0.2, -0.15) is 13.2 Å². The minimum absolute atomic E-state index is 0.0537. The molecule has 0 radical (unpaired) electrons. The van der Waals surface area contributed by atoms with Gasteiger partial charge < -0.3 is 5.32 Å². The molecule has 1 aromatic carbocycles. The molecule has 0 aromatic heterocycles. The molecular formula is C16H22F3NS. The summed E-state index contributed by atoms with van der Waals surface area (Å²) in [6, 6.07) is 6.81. The Kier molecular flexibility index (Phi) is 5.25. The van der Waals surface area contributed by atoms with Gasteiger partial charge in [0, 0.05) is 10.4 Å². The summed E-state index contributed by atoms with van der Waals surface area (Å²) in [5, 5.41) is 3.62. The maximum Gasteiger partial charge on any atom is 0.446 e. The molecule has 1 saturated heterocycles. The standard InChI is InChI=1S/C16H22F3NS/c1-12(2)10-15(8-3-9-20-15)11-13-4-6-14(7-5-13)21-16(17,18)19/h4-7,12,20H,3,8-11H2,1-2H3. The Morgan fingerprint density at radius 3 is 2.38 bits per heavy atom. The summed E-state index contributed by atoms with van der Waals surface area (Å²) in [6.07, 6.45) is 4.31. The molecule has 1 unspecified atom stereocenters. The van der Waals surface area contributed by atoms with E-state index >= 15 is 0 Å². The van der Waals surface area contributed by atoms with Gasteiger partial charge in [-0.15, -0.1) is 0 Å². The number of halogens is 3. The van der Waals surface area contributed by atoms with E-state index in [4.69, 9.17) is 0 Å². The van der Waals surface area contributed by atoms with Crippen molar-refractivity contribution in [3.8, 4) is 0 Å². The fourth-order valence-corrected chi connectivity index (χ4v) is 3.79. The second-order valence-electron chi connectivity index (χ2n) is 6.28. The largest absolute Gasteiger partial charge is 0.446 e. The minimum atomic E-state index is -4.21. The van der Waals surface area contributed by atoms with E-state index in [1.54, 1.807) is 12.1 Å². The SMILES string of the molecule is CC(C)CC1(Cc2ccc(SC(F)(F)F)cc2)CCCN1. The quantitative estimate of drug-likeness (QED) is 0.766. The molecule has 0 amide bonds. The normalized spacial score (nSPS) is 23.0. The molecule has 1 heterocycles. The van der Waals surface area contributed by atoms with E-state index in [1.165, 1.54) is 6.42 Å². The van der Waals surface area contributed by atoms with Crippen LogP contribution in [0.5, 0.6) is 0 Å². The lowest BCUT2D eigenvalue weighted by molar-refractivity contribution is -0.0328. The van der Waals surface area contributed by atoms with E-state index in [2.05, 4.69) is 19.2 Å². The lowest BCUT2D eigenvalue weighted by Gasteiger charge is -2.32. The summed E-state index contributed by atoms with van der Waals surface area (Å²) < 4.78 is 37.0. The molecule has 1 fully saturated rings. The Hall–Kier alpha value is -0.680. The zero-order chi connectivity index (χ0) is 15.5. The highest BCUT2D eigenvalue weighted by Crippen LogP contribution is 2.37. The van der Waals surface area contributed by atoms with Crippen molar-refractivity contribution in [2.24, 2.45) is 5.92 Å². The van der Waals surface area contributed by atoms with Gasteiger partial charge >= 0.3 is 5.51 Å². The highest BCUT2D eigenvalue weighted by Gasteiger charge is 2.34. The molecular weight excluding hydrogens is 295 g/mol. The topological polar surface area (TPSA) is 12.0 Å². The smallest absolute Gasteiger partial charge is 0.311 e. The zero-order valence-corrected chi connectivity index (χ0v) is 13.3. The van der Waals surface area contributed by atoms with Crippen LogP contribution in [0.3, 0.4) is 0 Å². The van der Waals surface area contributed by atoms with Crippen LogP contribution in [0.15, 0.2) is 29.2 Å². The van der Waals surface area contributed by atoms with Gasteiger partial charge in [0.25, 0.3) is 0 Å². The predicted molar refractivity (Wildman–Crippen MR) is 81.5 cm³/mol. The molecule has 1 aromatic rings. The average molecular weight is 317 g/mol. The molecule has 2 rings (SSSR count). The fourth-order valence-electron chi connectivity index (χ4n) is 3.25. The van der Waals surface area contributed by atoms with Crippen LogP contribution < -0.4 is 5.32 Å². The summed E-state index contributed by atoms with van der Waals surface area (Å²) in [7, 11) is 0. The zero-order valence-electron chi connectivity index (χ0n) is 12.5. The summed E-state index contributed by atoms with van der Waals surface area (Å²) in [5.41, 5.74) is -2.99. The second kappa shape index (κ2) is 6.61. The van der Waals surface area contributed by atoms with Crippen molar-refractivity contribution in [2.45, 2.75) is 55.5 Å². The van der Waals surface area contributed by atoms with Gasteiger partial charge in [-0.1, -0.05) is 26.0 Å². The molecule has 0 bridgehead atoms. The van der Waals surface area contributed by atoms with Gasteiger partial charge in [0.1, 0.15) is 0 Å². The van der Waals surface area contributed by atoms with Crippen LogP contribution in [-0.2, 0) is 6.42 Å². The average Bonchev–Trinajstić information content (AvgIpc) is 2.77. The fraction of sp³-hybridized carbons (Fsp3) is 0.625. The first kappa shape index (κ1) is 16.7. The van der Waals surface area contributed by atoms with Crippen LogP contribution in [0.4, 0.5) is 13.2 Å². The number of alkyl halides is 3. The van der Waals surface area contributed by atoms with E-state index in [-0.39, 0.29) is 22.2 Å². The van der Waals surface area contributed by atoms with Crippen LogP contribution in [-0.4, -0.2) is 17.6 Å². The van der Waals surface area contributed by atoms with Crippen molar-refractivity contribution in [1.82, 2.24) is 5.32 Å².